The predicted octanol–water partition coefficient (Wildman–Crippen LogP) is 3.28. The van der Waals surface area contributed by atoms with Crippen molar-refractivity contribution in [3.8, 4) is 5.75 Å². The average Bonchev–Trinajstić information content (AvgIpc) is 2.60. The lowest BCUT2D eigenvalue weighted by atomic mass is 10.1. The molecule has 3 N–H and O–H groups in total. The molecule has 6 nitrogen and oxygen atoms in total. The molecule has 26 heavy (non-hydrogen) atoms. The van der Waals surface area contributed by atoms with E-state index < -0.39 is 0 Å². The summed E-state index contributed by atoms with van der Waals surface area (Å²) in [6.07, 6.45) is 0. The van der Waals surface area contributed by atoms with Gasteiger partial charge in [0.15, 0.2) is 6.61 Å². The molecule has 0 unspecified atom stereocenters. The number of rotatable bonds is 7. The van der Waals surface area contributed by atoms with Crippen LogP contribution in [0.2, 0.25) is 5.02 Å². The summed E-state index contributed by atoms with van der Waals surface area (Å²) in [6.45, 7) is 6.99. The maximum atomic E-state index is 11.9. The number of hydrazine groups is 1. The Morgan fingerprint density at radius 1 is 1.15 bits per heavy atom. The fourth-order valence-electron chi connectivity index (χ4n) is 2.10. The Bertz CT molecular complexity index is 837. The maximum Gasteiger partial charge on any atom is 0.276 e. The van der Waals surface area contributed by atoms with Crippen molar-refractivity contribution in [2.24, 2.45) is 0 Å². The van der Waals surface area contributed by atoms with Crippen LogP contribution < -0.4 is 20.9 Å². The van der Waals surface area contributed by atoms with Crippen LogP contribution in [0.25, 0.3) is 5.70 Å². The van der Waals surface area contributed by atoms with Crippen LogP contribution >= 0.6 is 11.6 Å². The maximum absolute atomic E-state index is 11.9. The van der Waals surface area contributed by atoms with Gasteiger partial charge in [-0.15, -0.1) is 0 Å². The van der Waals surface area contributed by atoms with Gasteiger partial charge in [-0.2, -0.15) is 0 Å². The first-order valence-electron chi connectivity index (χ1n) is 7.86. The van der Waals surface area contributed by atoms with Crippen LogP contribution in [0.15, 0.2) is 49.0 Å². The van der Waals surface area contributed by atoms with Gasteiger partial charge in [0.25, 0.3) is 5.91 Å². The van der Waals surface area contributed by atoms with Crippen molar-refractivity contribution in [1.82, 2.24) is 10.9 Å². The summed E-state index contributed by atoms with van der Waals surface area (Å²) in [5.41, 5.74) is 7.96. The third-order valence-electron chi connectivity index (χ3n) is 3.38. The van der Waals surface area contributed by atoms with Crippen molar-refractivity contribution in [1.29, 1.82) is 0 Å². The van der Waals surface area contributed by atoms with Crippen LogP contribution in [0.4, 0.5) is 5.69 Å². The summed E-state index contributed by atoms with van der Waals surface area (Å²) in [5.74, 6) is 0.0317. The molecule has 0 aliphatic heterocycles. The molecule has 2 amide bonds. The summed E-state index contributed by atoms with van der Waals surface area (Å²) >= 11 is 5.95. The van der Waals surface area contributed by atoms with E-state index in [0.29, 0.717) is 22.2 Å². The number of anilines is 1. The van der Waals surface area contributed by atoms with E-state index in [1.165, 1.54) is 6.92 Å². The van der Waals surface area contributed by atoms with Gasteiger partial charge < -0.3 is 10.1 Å². The Labute approximate surface area is 157 Å². The van der Waals surface area contributed by atoms with E-state index in [1.54, 1.807) is 42.5 Å². The van der Waals surface area contributed by atoms with Crippen molar-refractivity contribution in [3.05, 3.63) is 65.2 Å². The number of nitrogens with one attached hydrogen (secondary N) is 3. The standard InChI is InChI=1S/C19H20ClN3O3/c1-12-9-17(7-8-18(12)20)26-11-19(25)23-22-13(2)15-5-4-6-16(10-15)21-14(3)24/h4-10,22H,2,11H2,1,3H3,(H,21,24)(H,23,25). The van der Waals surface area contributed by atoms with Gasteiger partial charge in [0.2, 0.25) is 5.91 Å². The Morgan fingerprint density at radius 2 is 1.92 bits per heavy atom. The molecule has 0 radical (unpaired) electrons. The van der Waals surface area contributed by atoms with Crippen LogP contribution in [0, 0.1) is 6.92 Å². The number of hydrogen-bond acceptors (Lipinski definition) is 4. The lowest BCUT2D eigenvalue weighted by Crippen LogP contribution is -2.39. The first-order chi connectivity index (χ1) is 12.3. The van der Waals surface area contributed by atoms with Gasteiger partial charge >= 0.3 is 0 Å². The number of ether oxygens (including phenoxy) is 1. The molecule has 0 saturated carbocycles. The number of carbonyl (C=O) groups is 2. The van der Waals surface area contributed by atoms with Gasteiger partial charge in [-0.25, -0.2) is 0 Å². The first-order valence-corrected chi connectivity index (χ1v) is 8.23. The van der Waals surface area contributed by atoms with E-state index in [0.717, 1.165) is 11.1 Å². The van der Waals surface area contributed by atoms with E-state index in [4.69, 9.17) is 16.3 Å². The van der Waals surface area contributed by atoms with Crippen LogP contribution in [-0.2, 0) is 9.59 Å². The number of carbonyl (C=O) groups excluding carboxylic acids is 2. The van der Waals surface area contributed by atoms with Crippen molar-refractivity contribution in [3.63, 3.8) is 0 Å². The van der Waals surface area contributed by atoms with Gasteiger partial charge in [0.1, 0.15) is 5.75 Å². The second-order valence-electron chi connectivity index (χ2n) is 5.61. The molecule has 0 atom stereocenters. The smallest absolute Gasteiger partial charge is 0.276 e. The highest BCUT2D eigenvalue weighted by Crippen LogP contribution is 2.21. The largest absolute Gasteiger partial charge is 0.484 e. The number of hydrogen-bond donors (Lipinski definition) is 3. The van der Waals surface area contributed by atoms with Crippen LogP contribution in [0.5, 0.6) is 5.75 Å². The van der Waals surface area contributed by atoms with Gasteiger partial charge in [-0.05, 0) is 42.8 Å². The Hall–Kier alpha value is -2.99. The molecule has 0 saturated heterocycles. The second-order valence-corrected chi connectivity index (χ2v) is 6.02. The molecule has 7 heteroatoms. The minimum absolute atomic E-state index is 0.159. The topological polar surface area (TPSA) is 79.5 Å². The van der Waals surface area contributed by atoms with Crippen molar-refractivity contribution < 1.29 is 14.3 Å². The molecule has 2 aromatic carbocycles. The fourth-order valence-corrected chi connectivity index (χ4v) is 2.21. The number of halogens is 1. The molecule has 0 aliphatic carbocycles. The number of benzene rings is 2. The van der Waals surface area contributed by atoms with E-state index >= 15 is 0 Å². The lowest BCUT2D eigenvalue weighted by molar-refractivity contribution is -0.123. The van der Waals surface area contributed by atoms with Crippen LogP contribution in [0.1, 0.15) is 18.1 Å². The van der Waals surface area contributed by atoms with Crippen LogP contribution in [-0.4, -0.2) is 18.4 Å². The number of aryl methyl sites for hydroxylation is 1. The van der Waals surface area contributed by atoms with Gasteiger partial charge in [-0.1, -0.05) is 30.3 Å². The minimum atomic E-state index is -0.364. The average molecular weight is 374 g/mol. The molecular weight excluding hydrogens is 354 g/mol. The molecule has 2 rings (SSSR count). The Balaban J connectivity index is 1.83. The highest BCUT2D eigenvalue weighted by Gasteiger charge is 2.06. The molecule has 0 aromatic heterocycles. The molecule has 0 aliphatic rings. The number of amides is 2. The zero-order valence-corrected chi connectivity index (χ0v) is 15.3. The van der Waals surface area contributed by atoms with Crippen LogP contribution in [0.3, 0.4) is 0 Å². The van der Waals surface area contributed by atoms with E-state index in [-0.39, 0.29) is 18.4 Å². The summed E-state index contributed by atoms with van der Waals surface area (Å²) in [7, 11) is 0. The highest BCUT2D eigenvalue weighted by molar-refractivity contribution is 6.31. The molecule has 0 heterocycles. The molecule has 136 valence electrons. The predicted molar refractivity (Wildman–Crippen MR) is 103 cm³/mol. The first kappa shape index (κ1) is 19.3. The minimum Gasteiger partial charge on any atom is -0.484 e. The van der Waals surface area contributed by atoms with Crippen molar-refractivity contribution in [2.75, 3.05) is 11.9 Å². The van der Waals surface area contributed by atoms with Crippen molar-refractivity contribution in [2.45, 2.75) is 13.8 Å². The summed E-state index contributed by atoms with van der Waals surface area (Å²) in [4.78, 5) is 23.0. The molecule has 0 bridgehead atoms. The zero-order chi connectivity index (χ0) is 19.1. The third kappa shape index (κ3) is 5.82. The van der Waals surface area contributed by atoms with E-state index in [2.05, 4.69) is 22.7 Å². The van der Waals surface area contributed by atoms with E-state index in [1.807, 2.05) is 6.92 Å². The molecular formula is C19H20ClN3O3. The Kier molecular flexibility index (Phi) is 6.63. The Morgan fingerprint density at radius 3 is 2.62 bits per heavy atom. The lowest BCUT2D eigenvalue weighted by Gasteiger charge is -2.13. The second kappa shape index (κ2) is 8.92. The molecule has 0 fully saturated rings. The zero-order valence-electron chi connectivity index (χ0n) is 14.6. The SMILES string of the molecule is C=C(NNC(=O)COc1ccc(Cl)c(C)c1)c1cccc(NC(C)=O)c1. The summed E-state index contributed by atoms with van der Waals surface area (Å²) < 4.78 is 5.42. The van der Waals surface area contributed by atoms with Gasteiger partial charge in [-0.3, -0.25) is 20.4 Å². The quantitative estimate of drug-likeness (QED) is 0.651. The van der Waals surface area contributed by atoms with Crippen molar-refractivity contribution >= 4 is 34.8 Å². The van der Waals surface area contributed by atoms with Gasteiger partial charge in [0.05, 0.1) is 5.70 Å². The monoisotopic (exact) mass is 373 g/mol. The normalized spacial score (nSPS) is 9.96. The van der Waals surface area contributed by atoms with Gasteiger partial charge in [0, 0.05) is 23.2 Å². The fraction of sp³-hybridized carbons (Fsp3) is 0.158. The molecule has 0 spiro atoms. The third-order valence-corrected chi connectivity index (χ3v) is 3.81. The van der Waals surface area contributed by atoms with E-state index in [9.17, 15) is 9.59 Å². The highest BCUT2D eigenvalue weighted by atomic mass is 35.5. The summed E-state index contributed by atoms with van der Waals surface area (Å²) in [6, 6.07) is 12.3. The summed E-state index contributed by atoms with van der Waals surface area (Å²) in [5, 5.41) is 3.33. The molecule has 2 aromatic rings.